The number of likely N-dealkylation sites (tertiary alicyclic amines) is 1. The Hall–Kier alpha value is -2.50. The molecule has 116 valence electrons. The van der Waals surface area contributed by atoms with Crippen LogP contribution >= 0.6 is 0 Å². The van der Waals surface area contributed by atoms with Crippen molar-refractivity contribution in [3.05, 3.63) is 48.3 Å². The lowest BCUT2D eigenvalue weighted by Gasteiger charge is -2.31. The highest BCUT2D eigenvalue weighted by Crippen LogP contribution is 2.19. The molecule has 1 fully saturated rings. The van der Waals surface area contributed by atoms with Gasteiger partial charge in [0.15, 0.2) is 0 Å². The number of amides is 2. The summed E-state index contributed by atoms with van der Waals surface area (Å²) in [5, 5.41) is 2.88. The number of furan rings is 2. The molecule has 1 aliphatic heterocycles. The number of piperidine rings is 1. The summed E-state index contributed by atoms with van der Waals surface area (Å²) in [6, 6.07) is 5.28. The fraction of sp³-hybridized carbons (Fsp3) is 0.375. The molecule has 3 rings (SSSR count). The summed E-state index contributed by atoms with van der Waals surface area (Å²) in [6.07, 6.45) is 5.87. The number of carbonyl (C=O) groups is 2. The first-order chi connectivity index (χ1) is 10.7. The second-order valence-electron chi connectivity index (χ2n) is 5.38. The van der Waals surface area contributed by atoms with Crippen LogP contribution in [0, 0.1) is 5.92 Å². The highest BCUT2D eigenvalue weighted by atomic mass is 16.3. The first kappa shape index (κ1) is 14.4. The smallest absolute Gasteiger partial charge is 0.257 e. The monoisotopic (exact) mass is 302 g/mol. The zero-order valence-corrected chi connectivity index (χ0v) is 12.2. The van der Waals surface area contributed by atoms with E-state index < -0.39 is 0 Å². The van der Waals surface area contributed by atoms with Crippen molar-refractivity contribution in [1.29, 1.82) is 0 Å². The van der Waals surface area contributed by atoms with Gasteiger partial charge in [-0.3, -0.25) is 9.59 Å². The van der Waals surface area contributed by atoms with Gasteiger partial charge in [-0.2, -0.15) is 0 Å². The van der Waals surface area contributed by atoms with Crippen LogP contribution in [0.25, 0.3) is 0 Å². The van der Waals surface area contributed by atoms with Crippen LogP contribution in [-0.2, 0) is 11.3 Å². The van der Waals surface area contributed by atoms with Gasteiger partial charge in [0, 0.05) is 19.0 Å². The summed E-state index contributed by atoms with van der Waals surface area (Å²) in [6.45, 7) is 1.58. The average molecular weight is 302 g/mol. The second-order valence-corrected chi connectivity index (χ2v) is 5.38. The van der Waals surface area contributed by atoms with Crippen molar-refractivity contribution in [2.24, 2.45) is 5.92 Å². The normalized spacial score (nSPS) is 15.7. The van der Waals surface area contributed by atoms with Gasteiger partial charge in [0.1, 0.15) is 12.0 Å². The highest BCUT2D eigenvalue weighted by molar-refractivity contribution is 5.94. The van der Waals surface area contributed by atoms with E-state index >= 15 is 0 Å². The lowest BCUT2D eigenvalue weighted by molar-refractivity contribution is -0.126. The van der Waals surface area contributed by atoms with Crippen molar-refractivity contribution in [3.8, 4) is 0 Å². The Morgan fingerprint density at radius 2 is 2.05 bits per heavy atom. The van der Waals surface area contributed by atoms with E-state index in [0.717, 1.165) is 5.76 Å². The SMILES string of the molecule is O=C(NCc1ccco1)C1CCN(C(=O)c2ccoc2)CC1. The Labute approximate surface area is 128 Å². The van der Waals surface area contributed by atoms with Crippen LogP contribution in [-0.4, -0.2) is 29.8 Å². The van der Waals surface area contributed by atoms with Gasteiger partial charge in [0.25, 0.3) is 5.91 Å². The molecule has 0 saturated carbocycles. The summed E-state index contributed by atoms with van der Waals surface area (Å²) >= 11 is 0. The molecule has 6 heteroatoms. The molecule has 0 aliphatic carbocycles. The van der Waals surface area contributed by atoms with Crippen molar-refractivity contribution < 1.29 is 18.4 Å². The van der Waals surface area contributed by atoms with E-state index in [-0.39, 0.29) is 17.7 Å². The molecule has 2 amide bonds. The zero-order chi connectivity index (χ0) is 15.4. The predicted octanol–water partition coefficient (Wildman–Crippen LogP) is 2.04. The third kappa shape index (κ3) is 3.21. The predicted molar refractivity (Wildman–Crippen MR) is 77.9 cm³/mol. The van der Waals surface area contributed by atoms with E-state index in [1.807, 2.05) is 6.07 Å². The van der Waals surface area contributed by atoms with Gasteiger partial charge >= 0.3 is 0 Å². The van der Waals surface area contributed by atoms with Crippen LogP contribution in [0.2, 0.25) is 0 Å². The first-order valence-electron chi connectivity index (χ1n) is 7.35. The minimum Gasteiger partial charge on any atom is -0.472 e. The zero-order valence-electron chi connectivity index (χ0n) is 12.2. The molecule has 22 heavy (non-hydrogen) atoms. The number of rotatable bonds is 4. The van der Waals surface area contributed by atoms with Crippen molar-refractivity contribution in [1.82, 2.24) is 10.2 Å². The molecule has 0 bridgehead atoms. The van der Waals surface area contributed by atoms with E-state index in [0.29, 0.717) is 38.0 Å². The maximum absolute atomic E-state index is 12.2. The fourth-order valence-corrected chi connectivity index (χ4v) is 2.65. The summed E-state index contributed by atoms with van der Waals surface area (Å²) < 4.78 is 10.1. The van der Waals surface area contributed by atoms with Crippen LogP contribution in [0.1, 0.15) is 29.0 Å². The summed E-state index contributed by atoms with van der Waals surface area (Å²) in [5.41, 5.74) is 0.556. The fourth-order valence-electron chi connectivity index (χ4n) is 2.65. The summed E-state index contributed by atoms with van der Waals surface area (Å²) in [5.74, 6) is 0.666. The Kier molecular flexibility index (Phi) is 4.27. The Bertz CT molecular complexity index is 611. The molecule has 0 aromatic carbocycles. The molecule has 0 radical (unpaired) electrons. The number of nitrogens with zero attached hydrogens (tertiary/aromatic N) is 1. The number of nitrogens with one attached hydrogen (secondary N) is 1. The standard InChI is InChI=1S/C16H18N2O4/c19-15(17-10-14-2-1-8-22-14)12-3-6-18(7-4-12)16(20)13-5-9-21-11-13/h1-2,5,8-9,11-12H,3-4,6-7,10H2,(H,17,19). The van der Waals surface area contributed by atoms with Crippen LogP contribution in [0.15, 0.2) is 45.8 Å². The van der Waals surface area contributed by atoms with Crippen LogP contribution in [0.4, 0.5) is 0 Å². The Balaban J connectivity index is 1.47. The quantitative estimate of drug-likeness (QED) is 0.937. The Morgan fingerprint density at radius 1 is 1.23 bits per heavy atom. The summed E-state index contributed by atoms with van der Waals surface area (Å²) in [7, 11) is 0. The number of hydrogen-bond donors (Lipinski definition) is 1. The third-order valence-electron chi connectivity index (χ3n) is 3.94. The van der Waals surface area contributed by atoms with Crippen molar-refractivity contribution in [3.63, 3.8) is 0 Å². The maximum atomic E-state index is 12.2. The molecule has 0 spiro atoms. The molecule has 0 unspecified atom stereocenters. The minimum absolute atomic E-state index is 0.0202. The molecular formula is C16H18N2O4. The number of hydrogen-bond acceptors (Lipinski definition) is 4. The van der Waals surface area contributed by atoms with Gasteiger partial charge in [-0.05, 0) is 31.0 Å². The lowest BCUT2D eigenvalue weighted by atomic mass is 9.95. The summed E-state index contributed by atoms with van der Waals surface area (Å²) in [4.78, 5) is 26.1. The molecule has 1 saturated heterocycles. The van der Waals surface area contributed by atoms with Crippen molar-refractivity contribution in [2.45, 2.75) is 19.4 Å². The van der Waals surface area contributed by atoms with Gasteiger partial charge in [0.05, 0.1) is 24.6 Å². The topological polar surface area (TPSA) is 75.7 Å². The van der Waals surface area contributed by atoms with Gasteiger partial charge in [-0.1, -0.05) is 0 Å². The second kappa shape index (κ2) is 6.51. The van der Waals surface area contributed by atoms with Gasteiger partial charge < -0.3 is 19.1 Å². The Morgan fingerprint density at radius 3 is 2.68 bits per heavy atom. The molecule has 1 aliphatic rings. The maximum Gasteiger partial charge on any atom is 0.257 e. The van der Waals surface area contributed by atoms with E-state index in [9.17, 15) is 9.59 Å². The molecule has 0 atom stereocenters. The molecular weight excluding hydrogens is 284 g/mol. The van der Waals surface area contributed by atoms with Gasteiger partial charge in [-0.25, -0.2) is 0 Å². The molecule has 3 heterocycles. The van der Waals surface area contributed by atoms with Crippen LogP contribution < -0.4 is 5.32 Å². The lowest BCUT2D eigenvalue weighted by Crippen LogP contribution is -2.42. The molecule has 6 nitrogen and oxygen atoms in total. The van der Waals surface area contributed by atoms with Crippen molar-refractivity contribution >= 4 is 11.8 Å². The minimum atomic E-state index is -0.0524. The van der Waals surface area contributed by atoms with Crippen LogP contribution in [0.3, 0.4) is 0 Å². The molecule has 2 aromatic heterocycles. The largest absolute Gasteiger partial charge is 0.472 e. The van der Waals surface area contributed by atoms with E-state index in [1.54, 1.807) is 23.3 Å². The van der Waals surface area contributed by atoms with E-state index in [4.69, 9.17) is 8.83 Å². The van der Waals surface area contributed by atoms with Gasteiger partial charge in [0.2, 0.25) is 5.91 Å². The third-order valence-corrected chi connectivity index (χ3v) is 3.94. The highest BCUT2D eigenvalue weighted by Gasteiger charge is 2.28. The van der Waals surface area contributed by atoms with E-state index in [1.165, 1.54) is 12.5 Å². The molecule has 1 N–H and O–H groups in total. The first-order valence-corrected chi connectivity index (χ1v) is 7.35. The number of carbonyl (C=O) groups excluding carboxylic acids is 2. The van der Waals surface area contributed by atoms with Crippen molar-refractivity contribution in [2.75, 3.05) is 13.1 Å². The molecule has 2 aromatic rings. The average Bonchev–Trinajstić information content (AvgIpc) is 3.25. The van der Waals surface area contributed by atoms with Gasteiger partial charge in [-0.15, -0.1) is 0 Å². The van der Waals surface area contributed by atoms with Crippen LogP contribution in [0.5, 0.6) is 0 Å². The van der Waals surface area contributed by atoms with E-state index in [2.05, 4.69) is 5.32 Å².